The van der Waals surface area contributed by atoms with Gasteiger partial charge in [0.05, 0.1) is 0 Å². The predicted molar refractivity (Wildman–Crippen MR) is 92.8 cm³/mol. The summed E-state index contributed by atoms with van der Waals surface area (Å²) in [4.78, 5) is 11.8. The highest BCUT2D eigenvalue weighted by Crippen LogP contribution is 2.20. The summed E-state index contributed by atoms with van der Waals surface area (Å²) in [6.45, 7) is -1.29. The average molecular weight is 355 g/mol. The van der Waals surface area contributed by atoms with Crippen LogP contribution in [0.1, 0.15) is 44.1 Å². The summed E-state index contributed by atoms with van der Waals surface area (Å²) in [6, 6.07) is 6.73. The number of hydrogen-bond acceptors (Lipinski definition) is 3. The SMILES string of the molecule is O=C(NCCCNC1CCCCC1)NCc1ccccc1OC(F)F. The number of nitrogens with one attached hydrogen (secondary N) is 3. The number of hydrogen-bond donors (Lipinski definition) is 3. The fourth-order valence-electron chi connectivity index (χ4n) is 3.00. The molecular formula is C18H27F2N3O2. The highest BCUT2D eigenvalue weighted by Gasteiger charge is 2.12. The highest BCUT2D eigenvalue weighted by atomic mass is 19.3. The fourth-order valence-corrected chi connectivity index (χ4v) is 3.00. The molecule has 2 rings (SSSR count). The predicted octanol–water partition coefficient (Wildman–Crippen LogP) is 3.40. The van der Waals surface area contributed by atoms with Crippen molar-refractivity contribution in [1.82, 2.24) is 16.0 Å². The van der Waals surface area contributed by atoms with Crippen LogP contribution in [0, 0.1) is 0 Å². The van der Waals surface area contributed by atoms with Crippen LogP contribution in [-0.4, -0.2) is 31.8 Å². The second kappa shape index (κ2) is 10.9. The first-order valence-electron chi connectivity index (χ1n) is 8.93. The van der Waals surface area contributed by atoms with Crippen molar-refractivity contribution >= 4 is 6.03 Å². The van der Waals surface area contributed by atoms with Gasteiger partial charge in [-0.25, -0.2) is 4.79 Å². The van der Waals surface area contributed by atoms with E-state index in [0.717, 1.165) is 13.0 Å². The van der Waals surface area contributed by atoms with E-state index in [0.29, 0.717) is 18.2 Å². The van der Waals surface area contributed by atoms with Crippen molar-refractivity contribution in [2.75, 3.05) is 13.1 Å². The first-order valence-corrected chi connectivity index (χ1v) is 8.93. The lowest BCUT2D eigenvalue weighted by atomic mass is 9.95. The molecule has 1 saturated carbocycles. The van der Waals surface area contributed by atoms with Gasteiger partial charge in [0, 0.05) is 24.7 Å². The molecule has 0 aliphatic heterocycles. The van der Waals surface area contributed by atoms with E-state index >= 15 is 0 Å². The molecular weight excluding hydrogens is 328 g/mol. The van der Waals surface area contributed by atoms with Gasteiger partial charge >= 0.3 is 12.6 Å². The van der Waals surface area contributed by atoms with Crippen molar-refractivity contribution in [1.29, 1.82) is 0 Å². The van der Waals surface area contributed by atoms with Crippen LogP contribution in [0.4, 0.5) is 13.6 Å². The Morgan fingerprint density at radius 1 is 1.12 bits per heavy atom. The van der Waals surface area contributed by atoms with E-state index in [1.165, 1.54) is 38.2 Å². The van der Waals surface area contributed by atoms with Crippen molar-refractivity contribution in [3.63, 3.8) is 0 Å². The summed E-state index contributed by atoms with van der Waals surface area (Å²) in [5.41, 5.74) is 0.511. The van der Waals surface area contributed by atoms with Crippen LogP contribution >= 0.6 is 0 Å². The summed E-state index contributed by atoms with van der Waals surface area (Å²) in [5.74, 6) is 0.0782. The quantitative estimate of drug-likeness (QED) is 0.595. The fraction of sp³-hybridized carbons (Fsp3) is 0.611. The molecule has 140 valence electrons. The maximum absolute atomic E-state index is 12.3. The Balaban J connectivity index is 1.59. The van der Waals surface area contributed by atoms with Gasteiger partial charge in [0.2, 0.25) is 0 Å². The maximum atomic E-state index is 12.3. The molecule has 1 aromatic carbocycles. The molecule has 1 aromatic rings. The lowest BCUT2D eigenvalue weighted by Crippen LogP contribution is -2.37. The molecule has 0 saturated heterocycles. The molecule has 0 aromatic heterocycles. The molecule has 0 spiro atoms. The zero-order valence-corrected chi connectivity index (χ0v) is 14.4. The maximum Gasteiger partial charge on any atom is 0.387 e. The monoisotopic (exact) mass is 355 g/mol. The highest BCUT2D eigenvalue weighted by molar-refractivity contribution is 5.73. The number of halogens is 2. The number of rotatable bonds is 9. The molecule has 1 aliphatic carbocycles. The number of ether oxygens (including phenoxy) is 1. The zero-order chi connectivity index (χ0) is 17.9. The van der Waals surface area contributed by atoms with Gasteiger partial charge < -0.3 is 20.7 Å². The van der Waals surface area contributed by atoms with Crippen molar-refractivity contribution in [2.45, 2.75) is 57.7 Å². The third kappa shape index (κ3) is 7.69. The lowest BCUT2D eigenvalue weighted by Gasteiger charge is -2.22. The third-order valence-electron chi connectivity index (χ3n) is 4.31. The first kappa shape index (κ1) is 19.4. The Kier molecular flexibility index (Phi) is 8.45. The van der Waals surface area contributed by atoms with E-state index in [-0.39, 0.29) is 18.3 Å². The van der Waals surface area contributed by atoms with E-state index < -0.39 is 6.61 Å². The summed E-state index contributed by atoms with van der Waals surface area (Å²) >= 11 is 0. The van der Waals surface area contributed by atoms with Crippen LogP contribution in [0.15, 0.2) is 24.3 Å². The molecule has 0 radical (unpaired) electrons. The minimum absolute atomic E-state index is 0.0782. The van der Waals surface area contributed by atoms with Crippen LogP contribution in [0.5, 0.6) is 5.75 Å². The molecule has 5 nitrogen and oxygen atoms in total. The Morgan fingerprint density at radius 3 is 2.64 bits per heavy atom. The van der Waals surface area contributed by atoms with Gasteiger partial charge in [-0.05, 0) is 31.9 Å². The number of alkyl halides is 2. The molecule has 0 unspecified atom stereocenters. The van der Waals surface area contributed by atoms with Gasteiger partial charge in [0.25, 0.3) is 0 Å². The van der Waals surface area contributed by atoms with E-state index in [1.807, 2.05) is 0 Å². The molecule has 0 bridgehead atoms. The Hall–Kier alpha value is -1.89. The number of urea groups is 1. The number of amides is 2. The molecule has 1 fully saturated rings. The molecule has 0 atom stereocenters. The molecule has 0 heterocycles. The van der Waals surface area contributed by atoms with Crippen LogP contribution < -0.4 is 20.7 Å². The van der Waals surface area contributed by atoms with Crippen LogP contribution in [0.3, 0.4) is 0 Å². The Labute approximate surface area is 147 Å². The number of carbonyl (C=O) groups is 1. The zero-order valence-electron chi connectivity index (χ0n) is 14.4. The minimum atomic E-state index is -2.88. The van der Waals surface area contributed by atoms with Gasteiger partial charge in [-0.3, -0.25) is 0 Å². The Morgan fingerprint density at radius 2 is 1.88 bits per heavy atom. The molecule has 25 heavy (non-hydrogen) atoms. The standard InChI is InChI=1S/C18H27F2N3O2/c19-17(20)25-16-10-5-4-7-14(16)13-23-18(24)22-12-6-11-21-15-8-2-1-3-9-15/h4-5,7,10,15,17,21H,1-3,6,8-9,11-13H2,(H2,22,23,24). The normalized spacial score (nSPS) is 15.2. The van der Waals surface area contributed by atoms with E-state index in [9.17, 15) is 13.6 Å². The summed E-state index contributed by atoms with van der Waals surface area (Å²) < 4.78 is 29.1. The minimum Gasteiger partial charge on any atom is -0.434 e. The van der Waals surface area contributed by atoms with Crippen molar-refractivity contribution in [3.8, 4) is 5.75 Å². The van der Waals surface area contributed by atoms with Gasteiger partial charge in [0.15, 0.2) is 0 Å². The second-order valence-electron chi connectivity index (χ2n) is 6.24. The molecule has 1 aliphatic rings. The van der Waals surface area contributed by atoms with E-state index in [1.54, 1.807) is 18.2 Å². The molecule has 3 N–H and O–H groups in total. The lowest BCUT2D eigenvalue weighted by molar-refractivity contribution is -0.0504. The number of carbonyl (C=O) groups excluding carboxylic acids is 1. The van der Waals surface area contributed by atoms with Crippen molar-refractivity contribution < 1.29 is 18.3 Å². The summed E-state index contributed by atoms with van der Waals surface area (Å²) in [6.07, 6.45) is 7.28. The third-order valence-corrected chi connectivity index (χ3v) is 4.31. The molecule has 2 amide bonds. The smallest absolute Gasteiger partial charge is 0.387 e. The van der Waals surface area contributed by atoms with Crippen LogP contribution in [0.25, 0.3) is 0 Å². The second-order valence-corrected chi connectivity index (χ2v) is 6.24. The van der Waals surface area contributed by atoms with E-state index in [2.05, 4.69) is 20.7 Å². The largest absolute Gasteiger partial charge is 0.434 e. The van der Waals surface area contributed by atoms with Crippen LogP contribution in [0.2, 0.25) is 0 Å². The van der Waals surface area contributed by atoms with Gasteiger partial charge in [-0.15, -0.1) is 0 Å². The number of para-hydroxylation sites is 1. The van der Waals surface area contributed by atoms with Crippen molar-refractivity contribution in [3.05, 3.63) is 29.8 Å². The molecule has 7 heteroatoms. The van der Waals surface area contributed by atoms with Crippen LogP contribution in [-0.2, 0) is 6.54 Å². The average Bonchev–Trinajstić information content (AvgIpc) is 2.61. The van der Waals surface area contributed by atoms with E-state index in [4.69, 9.17) is 0 Å². The summed E-state index contributed by atoms with van der Waals surface area (Å²) in [5, 5.41) is 8.95. The first-order chi connectivity index (χ1) is 12.1. The summed E-state index contributed by atoms with van der Waals surface area (Å²) in [7, 11) is 0. The van der Waals surface area contributed by atoms with Gasteiger partial charge in [0.1, 0.15) is 5.75 Å². The Bertz CT molecular complexity index is 523. The van der Waals surface area contributed by atoms with Gasteiger partial charge in [-0.1, -0.05) is 37.5 Å². The topological polar surface area (TPSA) is 62.4 Å². The van der Waals surface area contributed by atoms with Crippen molar-refractivity contribution in [2.24, 2.45) is 0 Å². The van der Waals surface area contributed by atoms with Gasteiger partial charge in [-0.2, -0.15) is 8.78 Å². The number of benzene rings is 1.